The molecule has 1 fully saturated rings. The van der Waals surface area contributed by atoms with Gasteiger partial charge in [0.05, 0.1) is 5.54 Å². The maximum absolute atomic E-state index is 11.3. The molecule has 3 N–H and O–H groups in total. The summed E-state index contributed by atoms with van der Waals surface area (Å²) in [4.78, 5) is 13.6. The summed E-state index contributed by atoms with van der Waals surface area (Å²) in [5.41, 5.74) is 5.02. The summed E-state index contributed by atoms with van der Waals surface area (Å²) in [5.74, 6) is -0.187. The number of carbonyl (C=O) groups is 1. The Morgan fingerprint density at radius 3 is 2.33 bits per heavy atom. The number of primary amides is 1. The Balaban J connectivity index is 2.26. The smallest absolute Gasteiger partial charge is 0.237 e. The molecule has 0 heterocycles. The van der Waals surface area contributed by atoms with Crippen LogP contribution in [-0.4, -0.2) is 42.5 Å². The highest BCUT2D eigenvalue weighted by Gasteiger charge is 2.41. The highest BCUT2D eigenvalue weighted by Crippen LogP contribution is 2.31. The molecular formula is C11H23N3O. The molecule has 0 spiro atoms. The second-order valence-corrected chi connectivity index (χ2v) is 4.25. The van der Waals surface area contributed by atoms with Crippen LogP contribution in [0.2, 0.25) is 0 Å². The molecule has 4 nitrogen and oxygen atoms in total. The van der Waals surface area contributed by atoms with Crippen molar-refractivity contribution in [3.63, 3.8) is 0 Å². The second kappa shape index (κ2) is 5.47. The van der Waals surface area contributed by atoms with Gasteiger partial charge < -0.3 is 16.0 Å². The Hall–Kier alpha value is -0.610. The summed E-state index contributed by atoms with van der Waals surface area (Å²) in [6.45, 7) is 8.25. The van der Waals surface area contributed by atoms with E-state index in [2.05, 4.69) is 24.1 Å². The van der Waals surface area contributed by atoms with Crippen molar-refractivity contribution in [3.8, 4) is 0 Å². The van der Waals surface area contributed by atoms with Gasteiger partial charge in [-0.25, -0.2) is 0 Å². The summed E-state index contributed by atoms with van der Waals surface area (Å²) < 4.78 is 0. The number of nitrogens with two attached hydrogens (primary N) is 1. The molecule has 0 bridgehead atoms. The fourth-order valence-corrected chi connectivity index (χ4v) is 2.03. The Morgan fingerprint density at radius 1 is 1.40 bits per heavy atom. The quantitative estimate of drug-likeness (QED) is 0.640. The van der Waals surface area contributed by atoms with E-state index in [9.17, 15) is 4.79 Å². The minimum atomic E-state index is -0.382. The molecule has 0 atom stereocenters. The number of nitrogens with zero attached hydrogens (tertiary/aromatic N) is 1. The lowest BCUT2D eigenvalue weighted by molar-refractivity contribution is -0.127. The molecule has 4 heteroatoms. The molecule has 0 radical (unpaired) electrons. The first kappa shape index (κ1) is 12.5. The fraction of sp³-hybridized carbons (Fsp3) is 0.909. The van der Waals surface area contributed by atoms with Crippen molar-refractivity contribution in [2.24, 2.45) is 5.73 Å². The first-order valence-corrected chi connectivity index (χ1v) is 5.92. The standard InChI is InChI=1S/C11H23N3O/c1-3-14(4-2)9-8-13-11(10(12)15)6-5-7-11/h13H,3-9H2,1-2H3,(H2,12,15). The maximum Gasteiger partial charge on any atom is 0.237 e. The second-order valence-electron chi connectivity index (χ2n) is 4.25. The number of rotatable bonds is 7. The average Bonchev–Trinajstić information content (AvgIpc) is 2.15. The minimum absolute atomic E-state index is 0.187. The lowest BCUT2D eigenvalue weighted by Gasteiger charge is -2.40. The highest BCUT2D eigenvalue weighted by molar-refractivity contribution is 5.85. The first-order valence-electron chi connectivity index (χ1n) is 5.92. The first-order chi connectivity index (χ1) is 7.14. The van der Waals surface area contributed by atoms with Gasteiger partial charge in [0.2, 0.25) is 5.91 Å². The topological polar surface area (TPSA) is 58.4 Å². The van der Waals surface area contributed by atoms with E-state index in [0.717, 1.165) is 45.4 Å². The monoisotopic (exact) mass is 213 g/mol. The Labute approximate surface area is 92.2 Å². The summed E-state index contributed by atoms with van der Waals surface area (Å²) >= 11 is 0. The van der Waals surface area contributed by atoms with Crippen LogP contribution in [0.15, 0.2) is 0 Å². The normalized spacial score (nSPS) is 18.9. The summed E-state index contributed by atoms with van der Waals surface area (Å²) in [5, 5.41) is 3.31. The molecule has 1 aliphatic rings. The van der Waals surface area contributed by atoms with Crippen molar-refractivity contribution < 1.29 is 4.79 Å². The molecule has 0 aliphatic heterocycles. The summed E-state index contributed by atoms with van der Waals surface area (Å²) in [6.07, 6.45) is 2.92. The largest absolute Gasteiger partial charge is 0.368 e. The Kier molecular flexibility index (Phi) is 4.54. The average molecular weight is 213 g/mol. The van der Waals surface area contributed by atoms with E-state index < -0.39 is 0 Å². The molecule has 88 valence electrons. The van der Waals surface area contributed by atoms with E-state index in [-0.39, 0.29) is 11.4 Å². The number of amides is 1. The third-order valence-corrected chi connectivity index (χ3v) is 3.46. The van der Waals surface area contributed by atoms with Gasteiger partial charge in [0.25, 0.3) is 0 Å². The van der Waals surface area contributed by atoms with Crippen LogP contribution in [0.3, 0.4) is 0 Å². The SMILES string of the molecule is CCN(CC)CCNC1(C(N)=O)CCC1. The van der Waals surface area contributed by atoms with E-state index in [4.69, 9.17) is 5.73 Å². The molecule has 0 unspecified atom stereocenters. The van der Waals surface area contributed by atoms with Crippen LogP contribution >= 0.6 is 0 Å². The van der Waals surface area contributed by atoms with Gasteiger partial charge in [0.1, 0.15) is 0 Å². The highest BCUT2D eigenvalue weighted by atomic mass is 16.1. The third-order valence-electron chi connectivity index (χ3n) is 3.46. The van der Waals surface area contributed by atoms with Crippen LogP contribution in [-0.2, 0) is 4.79 Å². The van der Waals surface area contributed by atoms with Crippen molar-refractivity contribution in [2.45, 2.75) is 38.6 Å². The van der Waals surface area contributed by atoms with Crippen LogP contribution < -0.4 is 11.1 Å². The molecule has 0 aromatic carbocycles. The fourth-order valence-electron chi connectivity index (χ4n) is 2.03. The molecule has 0 saturated heterocycles. The van der Waals surface area contributed by atoms with E-state index in [1.165, 1.54) is 0 Å². The number of hydrogen-bond acceptors (Lipinski definition) is 3. The van der Waals surface area contributed by atoms with E-state index in [1.54, 1.807) is 0 Å². The predicted octanol–water partition coefficient (Wildman–Crippen LogP) is 0.326. The van der Waals surface area contributed by atoms with Crippen molar-refractivity contribution >= 4 is 5.91 Å². The molecule has 15 heavy (non-hydrogen) atoms. The van der Waals surface area contributed by atoms with Crippen molar-refractivity contribution in [1.82, 2.24) is 10.2 Å². The van der Waals surface area contributed by atoms with E-state index in [1.807, 2.05) is 0 Å². The van der Waals surface area contributed by atoms with Gasteiger partial charge in [-0.3, -0.25) is 4.79 Å². The summed E-state index contributed by atoms with van der Waals surface area (Å²) in [7, 11) is 0. The number of carbonyl (C=O) groups excluding carboxylic acids is 1. The van der Waals surface area contributed by atoms with Gasteiger partial charge >= 0.3 is 0 Å². The maximum atomic E-state index is 11.3. The lowest BCUT2D eigenvalue weighted by Crippen LogP contribution is -2.61. The summed E-state index contributed by atoms with van der Waals surface area (Å²) in [6, 6.07) is 0. The number of hydrogen-bond donors (Lipinski definition) is 2. The lowest BCUT2D eigenvalue weighted by atomic mass is 9.76. The zero-order valence-corrected chi connectivity index (χ0v) is 9.88. The molecule has 0 aromatic rings. The third kappa shape index (κ3) is 2.92. The van der Waals surface area contributed by atoms with Crippen LogP contribution in [0.25, 0.3) is 0 Å². The molecule has 1 saturated carbocycles. The molecule has 0 aromatic heterocycles. The van der Waals surface area contributed by atoms with Gasteiger partial charge in [-0.15, -0.1) is 0 Å². The Morgan fingerprint density at radius 2 is 2.00 bits per heavy atom. The van der Waals surface area contributed by atoms with Crippen molar-refractivity contribution in [1.29, 1.82) is 0 Å². The van der Waals surface area contributed by atoms with Gasteiger partial charge in [-0.2, -0.15) is 0 Å². The van der Waals surface area contributed by atoms with Gasteiger partial charge in [0, 0.05) is 13.1 Å². The van der Waals surface area contributed by atoms with Crippen molar-refractivity contribution in [2.75, 3.05) is 26.2 Å². The number of nitrogens with one attached hydrogen (secondary N) is 1. The van der Waals surface area contributed by atoms with E-state index >= 15 is 0 Å². The molecular weight excluding hydrogens is 190 g/mol. The van der Waals surface area contributed by atoms with E-state index in [0.29, 0.717) is 0 Å². The van der Waals surface area contributed by atoms with Crippen LogP contribution in [0, 0.1) is 0 Å². The van der Waals surface area contributed by atoms with Crippen LogP contribution in [0.1, 0.15) is 33.1 Å². The van der Waals surface area contributed by atoms with Crippen LogP contribution in [0.4, 0.5) is 0 Å². The van der Waals surface area contributed by atoms with Gasteiger partial charge in [-0.1, -0.05) is 13.8 Å². The van der Waals surface area contributed by atoms with Gasteiger partial charge in [0.15, 0.2) is 0 Å². The zero-order valence-electron chi connectivity index (χ0n) is 9.88. The zero-order chi connectivity index (χ0) is 11.3. The van der Waals surface area contributed by atoms with Crippen molar-refractivity contribution in [3.05, 3.63) is 0 Å². The predicted molar refractivity (Wildman–Crippen MR) is 61.6 cm³/mol. The van der Waals surface area contributed by atoms with Crippen LogP contribution in [0.5, 0.6) is 0 Å². The molecule has 1 amide bonds. The minimum Gasteiger partial charge on any atom is -0.368 e. The Bertz CT molecular complexity index is 210. The van der Waals surface area contributed by atoms with Gasteiger partial charge in [-0.05, 0) is 32.4 Å². The molecule has 1 aliphatic carbocycles. The molecule has 1 rings (SSSR count). The number of likely N-dealkylation sites (N-methyl/N-ethyl adjacent to an activating group) is 1.